The maximum atomic E-state index is 13.0. The summed E-state index contributed by atoms with van der Waals surface area (Å²) in [6.07, 6.45) is 8.30. The van der Waals surface area contributed by atoms with Crippen molar-refractivity contribution in [1.82, 2.24) is 39.7 Å². The van der Waals surface area contributed by atoms with E-state index in [9.17, 15) is 24.0 Å². The minimum Gasteiger partial charge on any atom is -0.446 e. The zero-order valence-corrected chi connectivity index (χ0v) is 31.5. The Morgan fingerprint density at radius 3 is 2.57 bits per heavy atom. The lowest BCUT2D eigenvalue weighted by atomic mass is 10.0. The number of H-pyrrole nitrogens is 1. The van der Waals surface area contributed by atoms with Gasteiger partial charge in [0.25, 0.3) is 5.91 Å². The van der Waals surface area contributed by atoms with Gasteiger partial charge in [0.05, 0.1) is 23.3 Å². The fourth-order valence-corrected chi connectivity index (χ4v) is 7.39. The summed E-state index contributed by atoms with van der Waals surface area (Å²) < 4.78 is 16.0. The first-order chi connectivity index (χ1) is 26.0. The predicted molar refractivity (Wildman–Crippen MR) is 200 cm³/mol. The third-order valence-corrected chi connectivity index (χ3v) is 10.2. The highest BCUT2D eigenvalue weighted by molar-refractivity contribution is 6.02. The van der Waals surface area contributed by atoms with Crippen molar-refractivity contribution >= 4 is 40.7 Å². The molecule has 1 aromatic carbocycles. The first-order valence-electron chi connectivity index (χ1n) is 18.9. The van der Waals surface area contributed by atoms with E-state index in [-0.39, 0.29) is 42.0 Å². The Morgan fingerprint density at radius 2 is 1.78 bits per heavy atom. The number of nitrogens with one attached hydrogen (secondary N) is 4. The highest BCUT2D eigenvalue weighted by Crippen LogP contribution is 2.36. The van der Waals surface area contributed by atoms with Gasteiger partial charge in [-0.3, -0.25) is 38.6 Å². The number of amides is 4. The Kier molecular flexibility index (Phi) is 12.3. The van der Waals surface area contributed by atoms with Gasteiger partial charge in [-0.25, -0.2) is 9.59 Å². The summed E-state index contributed by atoms with van der Waals surface area (Å²) in [5.74, 6) is -0.469. The summed E-state index contributed by atoms with van der Waals surface area (Å²) in [5, 5.41) is 19.7. The normalized spacial score (nSPS) is 18.7. The van der Waals surface area contributed by atoms with Crippen LogP contribution >= 0.6 is 0 Å². The fourth-order valence-electron chi connectivity index (χ4n) is 7.39. The molecule has 2 aliphatic rings. The first kappa shape index (κ1) is 38.5. The molecule has 1 aliphatic carbocycles. The summed E-state index contributed by atoms with van der Waals surface area (Å²) in [6, 6.07) is 8.82. The summed E-state index contributed by atoms with van der Waals surface area (Å²) in [5.41, 5.74) is 4.32. The van der Waals surface area contributed by atoms with E-state index in [0.29, 0.717) is 48.8 Å². The molecule has 0 spiro atoms. The molecule has 290 valence electrons. The molecule has 4 amide bonds. The Morgan fingerprint density at radius 1 is 0.981 bits per heavy atom. The molecule has 54 heavy (non-hydrogen) atoms. The van der Waals surface area contributed by atoms with E-state index in [2.05, 4.69) is 31.2 Å². The molecule has 4 heterocycles. The molecule has 1 saturated heterocycles. The number of ether oxygens (including phenoxy) is 2. The number of imidazole rings is 1. The summed E-state index contributed by atoms with van der Waals surface area (Å²) in [4.78, 5) is 62.0. The number of carbonyl (C=O) groups excluding carboxylic acids is 4. The third kappa shape index (κ3) is 9.27. The van der Waals surface area contributed by atoms with E-state index in [1.54, 1.807) is 24.7 Å². The van der Waals surface area contributed by atoms with E-state index in [1.807, 2.05) is 38.1 Å². The van der Waals surface area contributed by atoms with E-state index >= 15 is 0 Å². The van der Waals surface area contributed by atoms with Crippen LogP contribution in [0.2, 0.25) is 0 Å². The number of imide groups is 1. The van der Waals surface area contributed by atoms with Crippen molar-refractivity contribution in [3.63, 3.8) is 0 Å². The fraction of sp³-hybridized carbons (Fsp3) is 0.553. The average Bonchev–Trinajstić information content (AvgIpc) is 3.91. The first-order valence-corrected chi connectivity index (χ1v) is 18.9. The van der Waals surface area contributed by atoms with Crippen LogP contribution in [0.1, 0.15) is 117 Å². The van der Waals surface area contributed by atoms with E-state index in [1.165, 1.54) is 9.25 Å². The van der Waals surface area contributed by atoms with Crippen LogP contribution in [0.4, 0.5) is 10.6 Å². The summed E-state index contributed by atoms with van der Waals surface area (Å²) in [7, 11) is 3.43. The molecule has 16 nitrogen and oxygen atoms in total. The molecule has 16 heteroatoms. The lowest BCUT2D eigenvalue weighted by molar-refractivity contribution is -0.135. The van der Waals surface area contributed by atoms with Gasteiger partial charge >= 0.3 is 11.8 Å². The number of fused-ring (bicyclic) bond motifs is 1. The molecule has 1 unspecified atom stereocenters. The largest absolute Gasteiger partial charge is 0.446 e. The number of benzene rings is 1. The summed E-state index contributed by atoms with van der Waals surface area (Å²) in [6.45, 7) is 4.68. The predicted octanol–water partition coefficient (Wildman–Crippen LogP) is 4.51. The minimum atomic E-state index is -0.685. The van der Waals surface area contributed by atoms with Gasteiger partial charge in [-0.2, -0.15) is 10.2 Å². The second-order valence-electron chi connectivity index (χ2n) is 14.7. The maximum Gasteiger partial charge on any atom is 0.407 e. The minimum absolute atomic E-state index is 0.0182. The van der Waals surface area contributed by atoms with Crippen molar-refractivity contribution in [2.24, 2.45) is 14.1 Å². The average molecular weight is 746 g/mol. The zero-order valence-electron chi connectivity index (χ0n) is 31.5. The second-order valence-corrected chi connectivity index (χ2v) is 14.7. The van der Waals surface area contributed by atoms with Crippen molar-refractivity contribution in [3.8, 4) is 0 Å². The molecule has 4 N–H and O–H groups in total. The van der Waals surface area contributed by atoms with Crippen molar-refractivity contribution in [1.29, 1.82) is 0 Å². The van der Waals surface area contributed by atoms with E-state index < -0.39 is 18.0 Å². The zero-order chi connectivity index (χ0) is 38.4. The Bertz CT molecular complexity index is 2040. The van der Waals surface area contributed by atoms with Crippen LogP contribution in [0.3, 0.4) is 0 Å². The SMILES string of the molecule is CC(C)NC(=O)O[C@@H]1CC[C@H](c2cc(NC(=O)c3cc(COCCCCCCCc4ccc5c(c4)n(C)c(=O)n5C4CCC(=O)NC4=O)nn3C)n[nH]2)C1. The molecule has 0 radical (unpaired) electrons. The molecular weight excluding hydrogens is 694 g/mol. The van der Waals surface area contributed by atoms with Gasteiger partial charge in [-0.1, -0.05) is 25.3 Å². The van der Waals surface area contributed by atoms with E-state index in [0.717, 1.165) is 68.1 Å². The van der Waals surface area contributed by atoms with Crippen molar-refractivity contribution < 1.29 is 28.7 Å². The second kappa shape index (κ2) is 17.3. The van der Waals surface area contributed by atoms with Crippen LogP contribution in [0, 0.1) is 0 Å². The molecular formula is C38H51N9O7. The number of hydrogen-bond donors (Lipinski definition) is 4. The number of rotatable bonds is 16. The Labute approximate surface area is 313 Å². The van der Waals surface area contributed by atoms with Crippen LogP contribution in [-0.2, 0) is 46.2 Å². The molecule has 0 bridgehead atoms. The monoisotopic (exact) mass is 745 g/mol. The highest BCUT2D eigenvalue weighted by atomic mass is 16.6. The molecule has 6 rings (SSSR count). The van der Waals surface area contributed by atoms with Crippen LogP contribution < -0.4 is 21.6 Å². The number of carbonyl (C=O) groups is 4. The molecule has 1 aliphatic heterocycles. The topological polar surface area (TPSA) is 196 Å². The number of piperidine rings is 1. The van der Waals surface area contributed by atoms with Crippen LogP contribution in [0.5, 0.6) is 0 Å². The number of hydrogen-bond acceptors (Lipinski definition) is 9. The number of alkyl carbamates (subject to hydrolysis) is 1. The van der Waals surface area contributed by atoms with Gasteiger partial charge in [0.2, 0.25) is 11.8 Å². The lowest BCUT2D eigenvalue weighted by Gasteiger charge is -2.21. The van der Waals surface area contributed by atoms with Crippen molar-refractivity contribution in [2.75, 3.05) is 11.9 Å². The standard InChI is InChI=1S/C38H51N9O7/c1-23(2)39-37(51)54-27-13-12-25(19-27)28-21-33(43-42-28)40-36(50)32-20-26(44-46(32)4)22-53-17-9-7-5-6-8-10-24-11-14-29-31(18-24)45(3)38(52)47(29)30-15-16-34(48)41-35(30)49/h11,14,18,20-21,23,25,27,30H,5-10,12-13,15-17,19,22H2,1-4H3,(H,39,51)(H,41,48,49)(H2,40,42,43,50)/t25-,27+,30?/m0/s1. The van der Waals surface area contributed by atoms with E-state index in [4.69, 9.17) is 9.47 Å². The molecule has 2 fully saturated rings. The maximum absolute atomic E-state index is 13.0. The number of aryl methyl sites for hydroxylation is 3. The molecule has 3 atom stereocenters. The molecule has 4 aromatic rings. The van der Waals surface area contributed by atoms with Crippen molar-refractivity contribution in [3.05, 3.63) is 63.5 Å². The Balaban J connectivity index is 0.870. The smallest absolute Gasteiger partial charge is 0.407 e. The number of anilines is 1. The van der Waals surface area contributed by atoms with Gasteiger partial charge in [0.15, 0.2) is 5.82 Å². The van der Waals surface area contributed by atoms with Gasteiger partial charge in [-0.15, -0.1) is 0 Å². The van der Waals surface area contributed by atoms with Gasteiger partial charge in [0.1, 0.15) is 17.8 Å². The lowest BCUT2D eigenvalue weighted by Crippen LogP contribution is -2.44. The summed E-state index contributed by atoms with van der Waals surface area (Å²) >= 11 is 0. The number of nitrogens with zero attached hydrogens (tertiary/aromatic N) is 5. The van der Waals surface area contributed by atoms with Crippen LogP contribution in [0.15, 0.2) is 35.1 Å². The van der Waals surface area contributed by atoms with Gasteiger partial charge in [0, 0.05) is 50.8 Å². The molecule has 3 aromatic heterocycles. The van der Waals surface area contributed by atoms with Crippen LogP contribution in [-0.4, -0.2) is 71.7 Å². The molecule has 1 saturated carbocycles. The Hall–Kier alpha value is -5.25. The number of aromatic amines is 1. The van der Waals surface area contributed by atoms with Crippen LogP contribution in [0.25, 0.3) is 11.0 Å². The van der Waals surface area contributed by atoms with Gasteiger partial charge in [-0.05, 0) is 82.6 Å². The third-order valence-electron chi connectivity index (χ3n) is 10.2. The number of aromatic nitrogens is 6. The number of unbranched alkanes of at least 4 members (excludes halogenated alkanes) is 4. The van der Waals surface area contributed by atoms with Crippen molar-refractivity contribution in [2.45, 2.75) is 115 Å². The van der Waals surface area contributed by atoms with Gasteiger partial charge < -0.3 is 20.1 Å². The highest BCUT2D eigenvalue weighted by Gasteiger charge is 2.32. The quantitative estimate of drug-likeness (QED) is 0.0943.